The van der Waals surface area contributed by atoms with Gasteiger partial charge >= 0.3 is 0 Å². The highest BCUT2D eigenvalue weighted by atomic mass is 16.5. The van der Waals surface area contributed by atoms with Gasteiger partial charge in [-0.2, -0.15) is 0 Å². The van der Waals surface area contributed by atoms with Crippen LogP contribution in [0.15, 0.2) is 30.5 Å². The summed E-state index contributed by atoms with van der Waals surface area (Å²) in [6, 6.07) is 8.51. The van der Waals surface area contributed by atoms with Crippen molar-refractivity contribution in [2.75, 3.05) is 19.8 Å². The number of nitrogens with zero attached hydrogens (tertiary/aromatic N) is 2. The number of hydrogen-bond acceptors (Lipinski definition) is 3. The number of aromatic amines is 1. The maximum atomic E-state index is 13.4. The van der Waals surface area contributed by atoms with E-state index in [0.29, 0.717) is 5.92 Å². The molecule has 0 saturated carbocycles. The van der Waals surface area contributed by atoms with E-state index in [1.165, 1.54) is 5.56 Å². The standard InChI is InChI=1S/C23H31N3O2/c1-3-19(18-11-13-28-15-18)23(27)26-12-5-4-6-21(26)22-24-14-20(25-22)17-9-7-16(2)8-10-17/h7-10,14,18-19,21H,3-6,11-13,15H2,1-2H3,(H,24,25). The molecule has 0 aliphatic carbocycles. The van der Waals surface area contributed by atoms with Crippen molar-refractivity contribution < 1.29 is 9.53 Å². The average Bonchev–Trinajstić information content (AvgIpc) is 3.41. The van der Waals surface area contributed by atoms with Gasteiger partial charge in [-0.1, -0.05) is 36.8 Å². The molecular formula is C23H31N3O2. The summed E-state index contributed by atoms with van der Waals surface area (Å²) in [6.45, 7) is 6.56. The van der Waals surface area contributed by atoms with Crippen molar-refractivity contribution in [2.45, 2.75) is 52.0 Å². The number of rotatable bonds is 5. The zero-order valence-electron chi connectivity index (χ0n) is 17.0. The Labute approximate surface area is 167 Å². The Balaban J connectivity index is 1.55. The third-order valence-corrected chi connectivity index (χ3v) is 6.35. The van der Waals surface area contributed by atoms with Gasteiger partial charge in [0.25, 0.3) is 0 Å². The lowest BCUT2D eigenvalue weighted by Crippen LogP contribution is -2.44. The van der Waals surface area contributed by atoms with Crippen molar-refractivity contribution in [3.63, 3.8) is 0 Å². The smallest absolute Gasteiger partial charge is 0.226 e. The Hall–Kier alpha value is -2.14. The van der Waals surface area contributed by atoms with Crippen LogP contribution >= 0.6 is 0 Å². The number of carbonyl (C=O) groups is 1. The number of amides is 1. The van der Waals surface area contributed by atoms with Crippen molar-refractivity contribution in [1.82, 2.24) is 14.9 Å². The van der Waals surface area contributed by atoms with Gasteiger partial charge in [0.2, 0.25) is 5.91 Å². The van der Waals surface area contributed by atoms with Crippen LogP contribution in [0.1, 0.15) is 56.5 Å². The molecule has 2 saturated heterocycles. The van der Waals surface area contributed by atoms with Crippen LogP contribution in [0.5, 0.6) is 0 Å². The normalized spacial score (nSPS) is 23.7. The Morgan fingerprint density at radius 2 is 2.11 bits per heavy atom. The van der Waals surface area contributed by atoms with E-state index in [0.717, 1.165) is 68.9 Å². The minimum absolute atomic E-state index is 0.0526. The van der Waals surface area contributed by atoms with Crippen LogP contribution in [0.2, 0.25) is 0 Å². The van der Waals surface area contributed by atoms with E-state index in [9.17, 15) is 4.79 Å². The Morgan fingerprint density at radius 3 is 2.82 bits per heavy atom. The Morgan fingerprint density at radius 1 is 1.29 bits per heavy atom. The number of carbonyl (C=O) groups excluding carboxylic acids is 1. The molecule has 0 bridgehead atoms. The Kier molecular flexibility index (Phi) is 5.81. The molecule has 5 heteroatoms. The van der Waals surface area contributed by atoms with E-state index < -0.39 is 0 Å². The maximum absolute atomic E-state index is 13.4. The predicted molar refractivity (Wildman–Crippen MR) is 110 cm³/mol. The number of benzene rings is 1. The highest BCUT2D eigenvalue weighted by Crippen LogP contribution is 2.35. The lowest BCUT2D eigenvalue weighted by Gasteiger charge is -2.37. The van der Waals surface area contributed by atoms with Gasteiger partial charge in [0.15, 0.2) is 0 Å². The number of aromatic nitrogens is 2. The summed E-state index contributed by atoms with van der Waals surface area (Å²) in [5, 5.41) is 0. The van der Waals surface area contributed by atoms with Crippen molar-refractivity contribution in [3.8, 4) is 11.3 Å². The molecule has 28 heavy (non-hydrogen) atoms. The van der Waals surface area contributed by atoms with Gasteiger partial charge < -0.3 is 14.6 Å². The number of ether oxygens (including phenoxy) is 1. The first-order valence-corrected chi connectivity index (χ1v) is 10.7. The maximum Gasteiger partial charge on any atom is 0.226 e. The fourth-order valence-corrected chi connectivity index (χ4v) is 4.66. The van der Waals surface area contributed by atoms with Crippen LogP contribution in [0.25, 0.3) is 11.3 Å². The molecule has 0 spiro atoms. The largest absolute Gasteiger partial charge is 0.381 e. The second kappa shape index (κ2) is 8.48. The van der Waals surface area contributed by atoms with E-state index >= 15 is 0 Å². The minimum atomic E-state index is 0.0526. The summed E-state index contributed by atoms with van der Waals surface area (Å²) in [6.07, 6.45) is 6.97. The number of hydrogen-bond donors (Lipinski definition) is 1. The summed E-state index contributed by atoms with van der Waals surface area (Å²) >= 11 is 0. The summed E-state index contributed by atoms with van der Waals surface area (Å²) < 4.78 is 5.56. The van der Waals surface area contributed by atoms with Gasteiger partial charge in [0.1, 0.15) is 5.82 Å². The highest BCUT2D eigenvalue weighted by Gasteiger charge is 2.37. The van der Waals surface area contributed by atoms with Crippen molar-refractivity contribution in [2.24, 2.45) is 11.8 Å². The molecule has 2 aliphatic heterocycles. The first-order valence-electron chi connectivity index (χ1n) is 10.7. The first kappa shape index (κ1) is 19.2. The third-order valence-electron chi connectivity index (χ3n) is 6.35. The van der Waals surface area contributed by atoms with Crippen molar-refractivity contribution >= 4 is 5.91 Å². The summed E-state index contributed by atoms with van der Waals surface area (Å²) in [5.74, 6) is 1.63. The summed E-state index contributed by atoms with van der Waals surface area (Å²) in [5.41, 5.74) is 3.39. The number of aryl methyl sites for hydroxylation is 1. The number of H-pyrrole nitrogens is 1. The highest BCUT2D eigenvalue weighted by molar-refractivity contribution is 5.79. The second-order valence-corrected chi connectivity index (χ2v) is 8.23. The number of imidazole rings is 1. The lowest BCUT2D eigenvalue weighted by atomic mass is 9.86. The van der Waals surface area contributed by atoms with Crippen LogP contribution in [0.3, 0.4) is 0 Å². The van der Waals surface area contributed by atoms with E-state index in [-0.39, 0.29) is 17.9 Å². The van der Waals surface area contributed by atoms with Crippen LogP contribution in [0.4, 0.5) is 0 Å². The molecule has 1 aromatic heterocycles. The molecule has 150 valence electrons. The average molecular weight is 382 g/mol. The molecule has 1 amide bonds. The van der Waals surface area contributed by atoms with Gasteiger partial charge in [-0.05, 0) is 50.5 Å². The van der Waals surface area contributed by atoms with Crippen molar-refractivity contribution in [1.29, 1.82) is 0 Å². The Bertz CT molecular complexity index is 792. The van der Waals surface area contributed by atoms with Crippen LogP contribution in [0, 0.1) is 18.8 Å². The molecule has 2 aliphatic rings. The summed E-state index contributed by atoms with van der Waals surface area (Å²) in [4.78, 5) is 23.7. The third kappa shape index (κ3) is 3.86. The van der Waals surface area contributed by atoms with Crippen molar-refractivity contribution in [3.05, 3.63) is 41.9 Å². The SMILES string of the molecule is CCC(C(=O)N1CCCCC1c1ncc(-c2ccc(C)cc2)[nH]1)C1CCOC1. The molecule has 2 fully saturated rings. The quantitative estimate of drug-likeness (QED) is 0.829. The van der Waals surface area contributed by atoms with E-state index in [1.807, 2.05) is 6.20 Å². The molecule has 0 radical (unpaired) electrons. The van der Waals surface area contributed by atoms with Gasteiger partial charge in [-0.15, -0.1) is 0 Å². The number of piperidine rings is 1. The van der Waals surface area contributed by atoms with Crippen LogP contribution < -0.4 is 0 Å². The van der Waals surface area contributed by atoms with Gasteiger partial charge in [-0.3, -0.25) is 4.79 Å². The first-order chi connectivity index (χ1) is 13.7. The molecule has 3 heterocycles. The number of nitrogens with one attached hydrogen (secondary N) is 1. The van der Waals surface area contributed by atoms with E-state index in [4.69, 9.17) is 4.74 Å². The summed E-state index contributed by atoms with van der Waals surface area (Å²) in [7, 11) is 0. The lowest BCUT2D eigenvalue weighted by molar-refractivity contribution is -0.141. The van der Waals surface area contributed by atoms with Crippen LogP contribution in [-0.4, -0.2) is 40.5 Å². The van der Waals surface area contributed by atoms with E-state index in [2.05, 4.69) is 53.0 Å². The monoisotopic (exact) mass is 381 g/mol. The fraction of sp³-hybridized carbons (Fsp3) is 0.565. The molecule has 1 N–H and O–H groups in total. The molecule has 4 rings (SSSR count). The molecule has 2 aromatic rings. The zero-order valence-corrected chi connectivity index (χ0v) is 17.0. The molecule has 1 aromatic carbocycles. The molecule has 3 atom stereocenters. The minimum Gasteiger partial charge on any atom is -0.381 e. The topological polar surface area (TPSA) is 58.2 Å². The van der Waals surface area contributed by atoms with Gasteiger partial charge in [-0.25, -0.2) is 4.98 Å². The number of likely N-dealkylation sites (tertiary alicyclic amines) is 1. The van der Waals surface area contributed by atoms with Gasteiger partial charge in [0.05, 0.1) is 24.5 Å². The molecule has 3 unspecified atom stereocenters. The van der Waals surface area contributed by atoms with Crippen LogP contribution in [-0.2, 0) is 9.53 Å². The molecule has 5 nitrogen and oxygen atoms in total. The zero-order chi connectivity index (χ0) is 19.5. The predicted octanol–water partition coefficient (Wildman–Crippen LogP) is 4.50. The van der Waals surface area contributed by atoms with E-state index in [1.54, 1.807) is 0 Å². The second-order valence-electron chi connectivity index (χ2n) is 8.23. The fourth-order valence-electron chi connectivity index (χ4n) is 4.66. The molecular weight excluding hydrogens is 350 g/mol. The van der Waals surface area contributed by atoms with Gasteiger partial charge in [0, 0.05) is 19.1 Å².